The molecule has 1 aliphatic carbocycles. The Kier molecular flexibility index (Phi) is 3.94. The topological polar surface area (TPSA) is 72.9 Å². The molecule has 1 saturated carbocycles. The zero-order valence-electron chi connectivity index (χ0n) is 15.3. The van der Waals surface area contributed by atoms with Gasteiger partial charge in [0.2, 0.25) is 0 Å². The summed E-state index contributed by atoms with van der Waals surface area (Å²) in [5, 5.41) is 16.8. The van der Waals surface area contributed by atoms with Crippen molar-refractivity contribution in [2.75, 3.05) is 5.32 Å². The van der Waals surface area contributed by atoms with Crippen LogP contribution >= 0.6 is 0 Å². The smallest absolute Gasteiger partial charge is 0.160 e. The molecule has 25 heavy (non-hydrogen) atoms. The van der Waals surface area contributed by atoms with Gasteiger partial charge in [0.1, 0.15) is 12.1 Å². The Labute approximate surface area is 147 Å². The fourth-order valence-electron chi connectivity index (χ4n) is 3.77. The molecule has 0 bridgehead atoms. The molecule has 4 rings (SSSR count). The number of aromatic nitrogens is 6. The van der Waals surface area contributed by atoms with E-state index in [0.717, 1.165) is 34.2 Å². The highest BCUT2D eigenvalue weighted by Gasteiger charge is 2.23. The standard InChI is InChI=1S/C18H25N7/c1-11-9-16(25-17(20-11)12(2)13(3)23-25)21-14(4)18-22-19-10-24(18)15-7-5-6-8-15/h9-10,14-15,21H,5-8H2,1-4H3/t14-/m1/s1. The number of nitrogens with zero attached hydrogens (tertiary/aromatic N) is 6. The van der Waals surface area contributed by atoms with E-state index in [-0.39, 0.29) is 6.04 Å². The van der Waals surface area contributed by atoms with Gasteiger partial charge in [0, 0.05) is 23.4 Å². The predicted molar refractivity (Wildman–Crippen MR) is 96.8 cm³/mol. The van der Waals surface area contributed by atoms with E-state index < -0.39 is 0 Å². The molecule has 0 saturated heterocycles. The first-order valence-electron chi connectivity index (χ1n) is 9.04. The van der Waals surface area contributed by atoms with Crippen molar-refractivity contribution in [1.82, 2.24) is 29.4 Å². The molecule has 1 fully saturated rings. The van der Waals surface area contributed by atoms with Gasteiger partial charge in [0.05, 0.1) is 11.7 Å². The highest BCUT2D eigenvalue weighted by Crippen LogP contribution is 2.32. The molecule has 132 valence electrons. The Bertz CT molecular complexity index is 902. The van der Waals surface area contributed by atoms with E-state index >= 15 is 0 Å². The quantitative estimate of drug-likeness (QED) is 0.787. The van der Waals surface area contributed by atoms with E-state index in [1.807, 2.05) is 30.8 Å². The van der Waals surface area contributed by atoms with Crippen LogP contribution in [0.15, 0.2) is 12.4 Å². The fourth-order valence-corrected chi connectivity index (χ4v) is 3.77. The summed E-state index contributed by atoms with van der Waals surface area (Å²) >= 11 is 0. The Balaban J connectivity index is 1.68. The molecule has 1 atom stereocenters. The molecule has 7 nitrogen and oxygen atoms in total. The first-order chi connectivity index (χ1) is 12.0. The summed E-state index contributed by atoms with van der Waals surface area (Å²) in [7, 11) is 0. The lowest BCUT2D eigenvalue weighted by atomic mass is 10.2. The van der Waals surface area contributed by atoms with Gasteiger partial charge >= 0.3 is 0 Å². The molecule has 0 unspecified atom stereocenters. The number of anilines is 1. The number of rotatable bonds is 4. The Morgan fingerprint density at radius 2 is 1.96 bits per heavy atom. The van der Waals surface area contributed by atoms with Crippen LogP contribution in [0.4, 0.5) is 5.82 Å². The van der Waals surface area contributed by atoms with Crippen LogP contribution in [-0.4, -0.2) is 29.4 Å². The van der Waals surface area contributed by atoms with E-state index in [2.05, 4.69) is 44.0 Å². The average molecular weight is 339 g/mol. The van der Waals surface area contributed by atoms with E-state index in [1.54, 1.807) is 0 Å². The zero-order chi connectivity index (χ0) is 17.6. The number of aryl methyl sites for hydroxylation is 3. The SMILES string of the molecule is Cc1cc(N[C@H](C)c2nncn2C2CCCC2)n2nc(C)c(C)c2n1. The third kappa shape index (κ3) is 2.77. The van der Waals surface area contributed by atoms with Crippen molar-refractivity contribution in [3.05, 3.63) is 35.2 Å². The van der Waals surface area contributed by atoms with Crippen LogP contribution in [-0.2, 0) is 0 Å². The van der Waals surface area contributed by atoms with Crippen molar-refractivity contribution < 1.29 is 0 Å². The molecule has 3 heterocycles. The van der Waals surface area contributed by atoms with Crippen LogP contribution in [0.1, 0.15) is 67.5 Å². The second kappa shape index (κ2) is 6.13. The van der Waals surface area contributed by atoms with Crippen LogP contribution in [0, 0.1) is 20.8 Å². The molecule has 0 spiro atoms. The van der Waals surface area contributed by atoms with E-state index in [0.29, 0.717) is 6.04 Å². The Morgan fingerprint density at radius 3 is 2.72 bits per heavy atom. The second-order valence-corrected chi connectivity index (χ2v) is 7.13. The van der Waals surface area contributed by atoms with Gasteiger partial charge in [-0.05, 0) is 40.5 Å². The molecular weight excluding hydrogens is 314 g/mol. The van der Waals surface area contributed by atoms with Crippen LogP contribution in [0.5, 0.6) is 0 Å². The minimum atomic E-state index is 0.0397. The van der Waals surface area contributed by atoms with Gasteiger partial charge in [0.25, 0.3) is 0 Å². The molecule has 7 heteroatoms. The molecule has 1 N–H and O–H groups in total. The third-order valence-corrected chi connectivity index (χ3v) is 5.26. The van der Waals surface area contributed by atoms with E-state index in [1.165, 1.54) is 25.7 Å². The van der Waals surface area contributed by atoms with Gasteiger partial charge in [-0.15, -0.1) is 10.2 Å². The molecule has 3 aromatic rings. The van der Waals surface area contributed by atoms with Gasteiger partial charge in [0.15, 0.2) is 11.5 Å². The number of hydrogen-bond acceptors (Lipinski definition) is 5. The highest BCUT2D eigenvalue weighted by atomic mass is 15.3. The van der Waals surface area contributed by atoms with Crippen LogP contribution < -0.4 is 5.32 Å². The molecular formula is C18H25N7. The maximum Gasteiger partial charge on any atom is 0.160 e. The van der Waals surface area contributed by atoms with Crippen molar-refractivity contribution in [2.45, 2.75) is 65.5 Å². The maximum absolute atomic E-state index is 4.64. The summed E-state index contributed by atoms with van der Waals surface area (Å²) in [6, 6.07) is 2.60. The third-order valence-electron chi connectivity index (χ3n) is 5.26. The summed E-state index contributed by atoms with van der Waals surface area (Å²) in [6.45, 7) is 8.22. The van der Waals surface area contributed by atoms with Crippen molar-refractivity contribution in [3.63, 3.8) is 0 Å². The number of fused-ring (bicyclic) bond motifs is 1. The summed E-state index contributed by atoms with van der Waals surface area (Å²) in [5.74, 6) is 1.92. The Hall–Kier alpha value is -2.44. The first-order valence-corrected chi connectivity index (χ1v) is 9.04. The van der Waals surface area contributed by atoms with Crippen LogP contribution in [0.25, 0.3) is 5.65 Å². The van der Waals surface area contributed by atoms with E-state index in [9.17, 15) is 0 Å². The number of nitrogens with one attached hydrogen (secondary N) is 1. The van der Waals surface area contributed by atoms with Gasteiger partial charge in [-0.3, -0.25) is 0 Å². The van der Waals surface area contributed by atoms with E-state index in [4.69, 9.17) is 0 Å². The lowest BCUT2D eigenvalue weighted by molar-refractivity contribution is 0.487. The van der Waals surface area contributed by atoms with Gasteiger partial charge in [-0.1, -0.05) is 12.8 Å². The molecule has 0 radical (unpaired) electrons. The summed E-state index contributed by atoms with van der Waals surface area (Å²) < 4.78 is 4.14. The van der Waals surface area contributed by atoms with Gasteiger partial charge < -0.3 is 9.88 Å². The monoisotopic (exact) mass is 339 g/mol. The summed E-state index contributed by atoms with van der Waals surface area (Å²) in [6.07, 6.45) is 6.89. The summed E-state index contributed by atoms with van der Waals surface area (Å²) in [4.78, 5) is 4.63. The molecule has 1 aliphatic rings. The van der Waals surface area contributed by atoms with Gasteiger partial charge in [-0.25, -0.2) is 4.98 Å². The molecule has 0 aromatic carbocycles. The van der Waals surface area contributed by atoms with Crippen molar-refractivity contribution in [3.8, 4) is 0 Å². The first kappa shape index (κ1) is 16.1. The maximum atomic E-state index is 4.64. The average Bonchev–Trinajstić information content (AvgIpc) is 3.30. The summed E-state index contributed by atoms with van der Waals surface area (Å²) in [5.41, 5.74) is 4.00. The zero-order valence-corrected chi connectivity index (χ0v) is 15.3. The Morgan fingerprint density at radius 1 is 1.20 bits per heavy atom. The second-order valence-electron chi connectivity index (χ2n) is 7.13. The molecule has 3 aromatic heterocycles. The van der Waals surface area contributed by atoms with Crippen LogP contribution in [0.3, 0.4) is 0 Å². The predicted octanol–water partition coefficient (Wildman–Crippen LogP) is 3.53. The van der Waals surface area contributed by atoms with Gasteiger partial charge in [-0.2, -0.15) is 9.61 Å². The number of hydrogen-bond donors (Lipinski definition) is 1. The fraction of sp³-hybridized carbons (Fsp3) is 0.556. The highest BCUT2D eigenvalue weighted by molar-refractivity contribution is 5.56. The van der Waals surface area contributed by atoms with Crippen LogP contribution in [0.2, 0.25) is 0 Å². The minimum Gasteiger partial charge on any atom is -0.360 e. The van der Waals surface area contributed by atoms with Crippen molar-refractivity contribution in [2.24, 2.45) is 0 Å². The largest absolute Gasteiger partial charge is 0.360 e. The molecule has 0 amide bonds. The lowest BCUT2D eigenvalue weighted by Gasteiger charge is -2.20. The molecule has 0 aliphatic heterocycles. The van der Waals surface area contributed by atoms with Crippen molar-refractivity contribution in [1.29, 1.82) is 0 Å². The minimum absolute atomic E-state index is 0.0397. The normalized spacial score (nSPS) is 16.6. The van der Waals surface area contributed by atoms with Crippen molar-refractivity contribution >= 4 is 11.5 Å². The lowest BCUT2D eigenvalue weighted by Crippen LogP contribution is -2.18.